The zero-order valence-corrected chi connectivity index (χ0v) is 10.8. The van der Waals surface area contributed by atoms with Crippen molar-refractivity contribution < 1.29 is 0 Å². The Morgan fingerprint density at radius 3 is 2.88 bits per heavy atom. The molecule has 1 N–H and O–H groups in total. The summed E-state index contributed by atoms with van der Waals surface area (Å²) in [6, 6.07) is 0.423. The maximum atomic E-state index is 4.37. The topological polar surface area (TPSA) is 37.8 Å². The van der Waals surface area contributed by atoms with Gasteiger partial charge in [-0.05, 0) is 18.9 Å². The second-order valence-corrected chi connectivity index (χ2v) is 5.24. The summed E-state index contributed by atoms with van der Waals surface area (Å²) in [5.41, 5.74) is 1.14. The predicted molar refractivity (Wildman–Crippen MR) is 67.5 cm³/mol. The van der Waals surface area contributed by atoms with Crippen molar-refractivity contribution in [1.29, 1.82) is 0 Å². The zero-order chi connectivity index (χ0) is 11.2. The Hall–Kier alpha value is -0.480. The molecule has 1 unspecified atom stereocenters. The van der Waals surface area contributed by atoms with E-state index >= 15 is 0 Å². The summed E-state index contributed by atoms with van der Waals surface area (Å²) >= 11 is 1.32. The molecule has 3 nitrogen and oxygen atoms in total. The summed E-state index contributed by atoms with van der Waals surface area (Å²) in [5, 5.41) is 3.54. The first-order chi connectivity index (χ1) is 7.90. The fourth-order valence-corrected chi connectivity index (χ4v) is 3.11. The molecule has 1 aromatic heterocycles. The van der Waals surface area contributed by atoms with Gasteiger partial charge in [-0.2, -0.15) is 8.75 Å². The second kappa shape index (κ2) is 6.30. The molecule has 90 valence electrons. The SMILES string of the molecule is CCNC(CC1CCCCC1)c1cnsn1. The van der Waals surface area contributed by atoms with E-state index in [0.29, 0.717) is 6.04 Å². The van der Waals surface area contributed by atoms with Crippen LogP contribution in [0.5, 0.6) is 0 Å². The number of rotatable bonds is 5. The molecule has 0 spiro atoms. The summed E-state index contributed by atoms with van der Waals surface area (Å²) in [6.45, 7) is 3.17. The van der Waals surface area contributed by atoms with Crippen LogP contribution >= 0.6 is 11.7 Å². The van der Waals surface area contributed by atoms with Crippen LogP contribution in [0.1, 0.15) is 57.2 Å². The molecule has 2 rings (SSSR count). The summed E-state index contributed by atoms with van der Waals surface area (Å²) < 4.78 is 8.48. The smallest absolute Gasteiger partial charge is 0.0912 e. The van der Waals surface area contributed by atoms with Gasteiger partial charge in [-0.15, -0.1) is 0 Å². The van der Waals surface area contributed by atoms with Gasteiger partial charge in [0.2, 0.25) is 0 Å². The number of hydrogen-bond acceptors (Lipinski definition) is 4. The third-order valence-corrected chi connectivity index (χ3v) is 3.97. The van der Waals surface area contributed by atoms with E-state index in [4.69, 9.17) is 0 Å². The van der Waals surface area contributed by atoms with Gasteiger partial charge in [0.15, 0.2) is 0 Å². The Labute approximate surface area is 102 Å². The summed E-state index contributed by atoms with van der Waals surface area (Å²) in [7, 11) is 0. The Balaban J connectivity index is 1.91. The molecule has 0 aromatic carbocycles. The van der Waals surface area contributed by atoms with E-state index < -0.39 is 0 Å². The van der Waals surface area contributed by atoms with Gasteiger partial charge in [0.25, 0.3) is 0 Å². The predicted octanol–water partition coefficient (Wildman–Crippen LogP) is 3.16. The highest BCUT2D eigenvalue weighted by molar-refractivity contribution is 6.99. The first kappa shape index (κ1) is 12.0. The molecule has 1 aliphatic carbocycles. The van der Waals surface area contributed by atoms with Crippen LogP contribution < -0.4 is 5.32 Å². The standard InChI is InChI=1S/C12H21N3S/c1-2-13-11(12-9-14-16-15-12)8-10-6-4-3-5-7-10/h9-11,13H,2-8H2,1H3. The zero-order valence-electron chi connectivity index (χ0n) is 9.98. The lowest BCUT2D eigenvalue weighted by Crippen LogP contribution is -2.24. The normalized spacial score (nSPS) is 19.8. The quantitative estimate of drug-likeness (QED) is 0.857. The molecule has 1 aromatic rings. The third kappa shape index (κ3) is 3.25. The molecule has 16 heavy (non-hydrogen) atoms. The van der Waals surface area contributed by atoms with E-state index in [9.17, 15) is 0 Å². The van der Waals surface area contributed by atoms with Gasteiger partial charge in [-0.25, -0.2) is 0 Å². The fraction of sp³-hybridized carbons (Fsp3) is 0.833. The second-order valence-electron chi connectivity index (χ2n) is 4.68. The molecule has 0 radical (unpaired) electrons. The van der Waals surface area contributed by atoms with E-state index in [2.05, 4.69) is 21.0 Å². The van der Waals surface area contributed by atoms with Crippen LogP contribution in [-0.2, 0) is 0 Å². The van der Waals surface area contributed by atoms with E-state index in [1.54, 1.807) is 0 Å². The van der Waals surface area contributed by atoms with Gasteiger partial charge in [0.05, 0.1) is 29.7 Å². The van der Waals surface area contributed by atoms with Gasteiger partial charge in [0, 0.05) is 0 Å². The highest BCUT2D eigenvalue weighted by Crippen LogP contribution is 2.31. The molecule has 0 amide bonds. The van der Waals surface area contributed by atoms with Crippen LogP contribution in [0.2, 0.25) is 0 Å². The van der Waals surface area contributed by atoms with Gasteiger partial charge in [0.1, 0.15) is 0 Å². The molecule has 0 bridgehead atoms. The Morgan fingerprint density at radius 2 is 2.25 bits per heavy atom. The summed E-state index contributed by atoms with van der Waals surface area (Å²) in [6.07, 6.45) is 10.2. The van der Waals surface area contributed by atoms with Crippen molar-refractivity contribution >= 4 is 11.7 Å². The van der Waals surface area contributed by atoms with E-state index in [1.807, 2.05) is 6.20 Å². The average Bonchev–Trinajstić information content (AvgIpc) is 2.83. The number of aromatic nitrogens is 2. The van der Waals surface area contributed by atoms with Gasteiger partial charge in [-0.3, -0.25) is 0 Å². The van der Waals surface area contributed by atoms with Crippen LogP contribution in [0.4, 0.5) is 0 Å². The van der Waals surface area contributed by atoms with Crippen LogP contribution in [0, 0.1) is 5.92 Å². The van der Waals surface area contributed by atoms with Gasteiger partial charge < -0.3 is 5.32 Å². The molecule has 0 aliphatic heterocycles. The highest BCUT2D eigenvalue weighted by Gasteiger charge is 2.20. The largest absolute Gasteiger partial charge is 0.309 e. The summed E-state index contributed by atoms with van der Waals surface area (Å²) in [4.78, 5) is 0. The lowest BCUT2D eigenvalue weighted by atomic mass is 9.84. The molecule has 1 saturated carbocycles. The van der Waals surface area contributed by atoms with E-state index in [0.717, 1.165) is 18.2 Å². The van der Waals surface area contributed by atoms with Crippen molar-refractivity contribution in [1.82, 2.24) is 14.1 Å². The molecule has 1 aliphatic rings. The van der Waals surface area contributed by atoms with E-state index in [-0.39, 0.29) is 0 Å². The van der Waals surface area contributed by atoms with E-state index in [1.165, 1.54) is 50.3 Å². The van der Waals surface area contributed by atoms with Crippen LogP contribution in [0.3, 0.4) is 0 Å². The highest BCUT2D eigenvalue weighted by atomic mass is 32.1. The molecule has 1 atom stereocenters. The Bertz CT molecular complexity index is 280. The molecule has 1 heterocycles. The average molecular weight is 239 g/mol. The Kier molecular flexibility index (Phi) is 4.72. The van der Waals surface area contributed by atoms with Crippen molar-refractivity contribution in [2.75, 3.05) is 6.54 Å². The minimum absolute atomic E-state index is 0.423. The van der Waals surface area contributed by atoms with Crippen molar-refractivity contribution in [3.05, 3.63) is 11.9 Å². The lowest BCUT2D eigenvalue weighted by Gasteiger charge is -2.25. The van der Waals surface area contributed by atoms with Crippen LogP contribution in [-0.4, -0.2) is 15.3 Å². The number of nitrogens with one attached hydrogen (secondary N) is 1. The first-order valence-corrected chi connectivity index (χ1v) is 7.14. The molecular weight excluding hydrogens is 218 g/mol. The number of nitrogens with zero attached hydrogens (tertiary/aromatic N) is 2. The maximum absolute atomic E-state index is 4.37. The van der Waals surface area contributed by atoms with Crippen LogP contribution in [0.25, 0.3) is 0 Å². The molecule has 0 saturated heterocycles. The lowest BCUT2D eigenvalue weighted by molar-refractivity contribution is 0.300. The monoisotopic (exact) mass is 239 g/mol. The summed E-state index contributed by atoms with van der Waals surface area (Å²) in [5.74, 6) is 0.888. The third-order valence-electron chi connectivity index (χ3n) is 3.48. The maximum Gasteiger partial charge on any atom is 0.0912 e. The van der Waals surface area contributed by atoms with Crippen molar-refractivity contribution in [3.8, 4) is 0 Å². The van der Waals surface area contributed by atoms with Gasteiger partial charge >= 0.3 is 0 Å². The van der Waals surface area contributed by atoms with Crippen molar-refractivity contribution in [2.45, 2.75) is 51.5 Å². The molecular formula is C12H21N3S. The molecule has 4 heteroatoms. The number of hydrogen-bond donors (Lipinski definition) is 1. The van der Waals surface area contributed by atoms with Crippen molar-refractivity contribution in [2.24, 2.45) is 5.92 Å². The minimum Gasteiger partial charge on any atom is -0.309 e. The van der Waals surface area contributed by atoms with Crippen LogP contribution in [0.15, 0.2) is 6.20 Å². The Morgan fingerprint density at radius 1 is 1.44 bits per heavy atom. The van der Waals surface area contributed by atoms with Gasteiger partial charge in [-0.1, -0.05) is 39.0 Å². The fourth-order valence-electron chi connectivity index (χ4n) is 2.64. The molecule has 1 fully saturated rings. The van der Waals surface area contributed by atoms with Crippen molar-refractivity contribution in [3.63, 3.8) is 0 Å². The minimum atomic E-state index is 0.423. The first-order valence-electron chi connectivity index (χ1n) is 6.41.